The van der Waals surface area contributed by atoms with E-state index in [9.17, 15) is 22.5 Å². The Hall–Kier alpha value is -0.500. The lowest BCUT2D eigenvalue weighted by Crippen LogP contribution is -2.18. The number of hydrogen-bond acceptors (Lipinski definition) is 4. The molecule has 17 heavy (non-hydrogen) atoms. The molecule has 4 nitrogen and oxygen atoms in total. The molecule has 2 unspecified atom stereocenters. The Morgan fingerprint density at radius 2 is 1.76 bits per heavy atom. The molecular weight excluding hydrogens is 315 g/mol. The van der Waals surface area contributed by atoms with Crippen LogP contribution in [0.2, 0.25) is 0 Å². The van der Waals surface area contributed by atoms with Crippen molar-refractivity contribution in [3.8, 4) is 0 Å². The molecular formula is C10H12BrFO4S. The van der Waals surface area contributed by atoms with Crippen molar-refractivity contribution in [2.24, 2.45) is 0 Å². The molecule has 0 spiro atoms. The first-order valence-electron chi connectivity index (χ1n) is 4.83. The molecule has 1 rings (SSSR count). The first-order valence-corrected chi connectivity index (χ1v) is 7.33. The molecule has 0 radical (unpaired) electrons. The highest BCUT2D eigenvalue weighted by molar-refractivity contribution is 9.09. The molecule has 0 saturated carbocycles. The Morgan fingerprint density at radius 3 is 2.18 bits per heavy atom. The number of benzene rings is 1. The summed E-state index contributed by atoms with van der Waals surface area (Å²) in [6.07, 6.45) is -1.73. The van der Waals surface area contributed by atoms with Gasteiger partial charge in [0.25, 0.3) is 0 Å². The topological polar surface area (TPSA) is 74.6 Å². The zero-order valence-electron chi connectivity index (χ0n) is 8.75. The molecule has 0 aliphatic carbocycles. The second kappa shape index (κ2) is 5.90. The summed E-state index contributed by atoms with van der Waals surface area (Å²) in [4.78, 5) is -0.469. The number of halogens is 2. The molecule has 0 fully saturated rings. The van der Waals surface area contributed by atoms with Crippen LogP contribution in [0.3, 0.4) is 0 Å². The zero-order chi connectivity index (χ0) is 13.1. The van der Waals surface area contributed by atoms with E-state index in [1.807, 2.05) is 0 Å². The van der Waals surface area contributed by atoms with E-state index in [2.05, 4.69) is 15.9 Å². The van der Waals surface area contributed by atoms with E-state index in [0.29, 0.717) is 17.3 Å². The minimum atomic E-state index is -4.73. The van der Waals surface area contributed by atoms with Gasteiger partial charge in [0.05, 0.1) is 11.0 Å². The smallest absolute Gasteiger partial charge is 0.332 e. The van der Waals surface area contributed by atoms with Gasteiger partial charge < -0.3 is 10.2 Å². The first kappa shape index (κ1) is 14.6. The lowest BCUT2D eigenvalue weighted by molar-refractivity contribution is 0.0173. The molecule has 96 valence electrons. The molecule has 7 heteroatoms. The van der Waals surface area contributed by atoms with E-state index in [1.165, 1.54) is 12.1 Å². The fraction of sp³-hybridized carbons (Fsp3) is 0.400. The average molecular weight is 327 g/mol. The SMILES string of the molecule is O=S(=O)(F)c1ccc(C(O)C(O)CCBr)cc1. The van der Waals surface area contributed by atoms with Gasteiger partial charge in [0.15, 0.2) is 0 Å². The highest BCUT2D eigenvalue weighted by Crippen LogP contribution is 2.21. The molecule has 1 aromatic rings. The average Bonchev–Trinajstić information content (AvgIpc) is 2.27. The second-order valence-electron chi connectivity index (χ2n) is 3.50. The van der Waals surface area contributed by atoms with Crippen LogP contribution in [0.25, 0.3) is 0 Å². The summed E-state index contributed by atoms with van der Waals surface area (Å²) in [5, 5.41) is 19.8. The van der Waals surface area contributed by atoms with Gasteiger partial charge in [-0.25, -0.2) is 0 Å². The maximum atomic E-state index is 12.6. The third-order valence-electron chi connectivity index (χ3n) is 2.27. The Morgan fingerprint density at radius 1 is 1.24 bits per heavy atom. The van der Waals surface area contributed by atoms with E-state index in [0.717, 1.165) is 12.1 Å². The van der Waals surface area contributed by atoms with Crippen molar-refractivity contribution >= 4 is 26.2 Å². The minimum absolute atomic E-state index is 0.339. The molecule has 0 amide bonds. The molecule has 0 aliphatic heterocycles. The van der Waals surface area contributed by atoms with E-state index < -0.39 is 27.3 Å². The lowest BCUT2D eigenvalue weighted by Gasteiger charge is -2.17. The summed E-state index contributed by atoms with van der Waals surface area (Å²) >= 11 is 3.13. The van der Waals surface area contributed by atoms with Crippen LogP contribution in [0, 0.1) is 0 Å². The van der Waals surface area contributed by atoms with Crippen LogP contribution in [-0.4, -0.2) is 30.1 Å². The number of aliphatic hydroxyl groups is 2. The quantitative estimate of drug-likeness (QED) is 0.635. The zero-order valence-corrected chi connectivity index (χ0v) is 11.2. The van der Waals surface area contributed by atoms with Crippen LogP contribution in [0.15, 0.2) is 29.2 Å². The number of rotatable bonds is 5. The molecule has 0 aromatic heterocycles. The van der Waals surface area contributed by atoms with E-state index >= 15 is 0 Å². The molecule has 2 atom stereocenters. The molecule has 0 heterocycles. The monoisotopic (exact) mass is 326 g/mol. The van der Waals surface area contributed by atoms with Gasteiger partial charge >= 0.3 is 10.2 Å². The van der Waals surface area contributed by atoms with Crippen LogP contribution < -0.4 is 0 Å². The molecule has 2 N–H and O–H groups in total. The van der Waals surface area contributed by atoms with E-state index in [4.69, 9.17) is 0 Å². The summed E-state index contributed by atoms with van der Waals surface area (Å²) in [5.74, 6) is 0. The van der Waals surface area contributed by atoms with Gasteiger partial charge in [0.2, 0.25) is 0 Å². The minimum Gasteiger partial charge on any atom is -0.390 e. The van der Waals surface area contributed by atoms with Gasteiger partial charge in [-0.2, -0.15) is 8.42 Å². The van der Waals surface area contributed by atoms with Crippen molar-refractivity contribution in [1.82, 2.24) is 0 Å². The highest BCUT2D eigenvalue weighted by atomic mass is 79.9. The van der Waals surface area contributed by atoms with Crippen molar-refractivity contribution in [3.63, 3.8) is 0 Å². The van der Waals surface area contributed by atoms with Gasteiger partial charge in [-0.1, -0.05) is 28.1 Å². The number of aliphatic hydroxyl groups excluding tert-OH is 2. The standard InChI is InChI=1S/C10H12BrFO4S/c11-6-5-9(13)10(14)7-1-3-8(4-2-7)17(12,15)16/h1-4,9-10,13-14H,5-6H2. The number of hydrogen-bond donors (Lipinski definition) is 2. The molecule has 0 bridgehead atoms. The van der Waals surface area contributed by atoms with Gasteiger partial charge in [-0.05, 0) is 24.1 Å². The summed E-state index contributed by atoms with van der Waals surface area (Å²) in [5.41, 5.74) is 0.339. The highest BCUT2D eigenvalue weighted by Gasteiger charge is 2.19. The number of alkyl halides is 1. The maximum Gasteiger partial charge on any atom is 0.332 e. The lowest BCUT2D eigenvalue weighted by atomic mass is 10.0. The van der Waals surface area contributed by atoms with E-state index in [-0.39, 0.29) is 0 Å². The Labute approximate surface area is 107 Å². The van der Waals surface area contributed by atoms with Gasteiger partial charge in [0, 0.05) is 5.33 Å². The van der Waals surface area contributed by atoms with Gasteiger partial charge in [0.1, 0.15) is 6.10 Å². The Bertz CT molecular complexity index is 460. The molecule has 0 aliphatic rings. The normalized spacial score (nSPS) is 15.5. The summed E-state index contributed by atoms with van der Waals surface area (Å²) in [6, 6.07) is 4.65. The second-order valence-corrected chi connectivity index (χ2v) is 5.64. The van der Waals surface area contributed by atoms with Crippen molar-refractivity contribution < 1.29 is 22.5 Å². The Balaban J connectivity index is 2.88. The fourth-order valence-corrected chi connectivity index (χ4v) is 2.25. The van der Waals surface area contributed by atoms with Gasteiger partial charge in [-0.15, -0.1) is 3.89 Å². The summed E-state index contributed by atoms with van der Waals surface area (Å²) in [6.45, 7) is 0. The van der Waals surface area contributed by atoms with Crippen LogP contribution in [0.5, 0.6) is 0 Å². The van der Waals surface area contributed by atoms with E-state index in [1.54, 1.807) is 0 Å². The van der Waals surface area contributed by atoms with Crippen LogP contribution in [0.4, 0.5) is 3.89 Å². The predicted octanol–water partition coefficient (Wildman–Crippen LogP) is 1.52. The largest absolute Gasteiger partial charge is 0.390 e. The fourth-order valence-electron chi connectivity index (χ4n) is 1.32. The maximum absolute atomic E-state index is 12.6. The van der Waals surface area contributed by atoms with Crippen LogP contribution >= 0.6 is 15.9 Å². The van der Waals surface area contributed by atoms with Gasteiger partial charge in [-0.3, -0.25) is 0 Å². The van der Waals surface area contributed by atoms with Crippen molar-refractivity contribution in [3.05, 3.63) is 29.8 Å². The van der Waals surface area contributed by atoms with Crippen molar-refractivity contribution in [1.29, 1.82) is 0 Å². The summed E-state index contributed by atoms with van der Waals surface area (Å²) < 4.78 is 33.7. The predicted molar refractivity (Wildman–Crippen MR) is 64.1 cm³/mol. The van der Waals surface area contributed by atoms with Crippen molar-refractivity contribution in [2.75, 3.05) is 5.33 Å². The first-order chi connectivity index (χ1) is 7.86. The third-order valence-corrected chi connectivity index (χ3v) is 3.57. The van der Waals surface area contributed by atoms with Crippen molar-refractivity contribution in [2.45, 2.75) is 23.5 Å². The summed E-state index contributed by atoms with van der Waals surface area (Å²) in [7, 11) is -4.73. The molecule has 0 saturated heterocycles. The Kier molecular flexibility index (Phi) is 5.05. The molecule has 1 aromatic carbocycles. The van der Waals surface area contributed by atoms with Crippen LogP contribution in [-0.2, 0) is 10.2 Å². The third kappa shape index (κ3) is 4.02. The van der Waals surface area contributed by atoms with Crippen LogP contribution in [0.1, 0.15) is 18.1 Å².